The Balaban J connectivity index is 2.08. The Morgan fingerprint density at radius 3 is 2.88 bits per heavy atom. The minimum Gasteiger partial charge on any atom is -0.337 e. The average molecular weight is 328 g/mol. The molecule has 0 aliphatic carbocycles. The molecule has 3 heterocycles. The van der Waals surface area contributed by atoms with Crippen LogP contribution in [0.15, 0.2) is 30.0 Å². The number of aromatic nitrogens is 3. The maximum absolute atomic E-state index is 13.1. The molecule has 1 unspecified atom stereocenters. The van der Waals surface area contributed by atoms with Crippen LogP contribution >= 0.6 is 0 Å². The molecule has 2 aromatic rings. The molecule has 6 heteroatoms. The molecule has 0 bridgehead atoms. The summed E-state index contributed by atoms with van der Waals surface area (Å²) in [5, 5.41) is 0. The van der Waals surface area contributed by atoms with Crippen molar-refractivity contribution in [2.75, 3.05) is 13.1 Å². The second kappa shape index (κ2) is 6.26. The third kappa shape index (κ3) is 2.66. The zero-order valence-electron chi connectivity index (χ0n) is 14.5. The Bertz CT molecular complexity index is 847. The van der Waals surface area contributed by atoms with Crippen LogP contribution in [0.3, 0.4) is 0 Å². The van der Waals surface area contributed by atoms with Crippen LogP contribution in [0.4, 0.5) is 0 Å². The van der Waals surface area contributed by atoms with Gasteiger partial charge in [0.15, 0.2) is 0 Å². The van der Waals surface area contributed by atoms with Crippen LogP contribution in [0, 0.1) is 6.92 Å². The van der Waals surface area contributed by atoms with Gasteiger partial charge in [0.25, 0.3) is 5.56 Å². The number of fused-ring (bicyclic) bond motifs is 1. The molecule has 3 rings (SSSR count). The lowest BCUT2D eigenvalue weighted by Crippen LogP contribution is -2.42. The normalized spacial score (nSPS) is 18.3. The van der Waals surface area contributed by atoms with Crippen LogP contribution in [-0.4, -0.2) is 38.0 Å². The van der Waals surface area contributed by atoms with Gasteiger partial charge in [0, 0.05) is 25.3 Å². The number of piperidine rings is 1. The minimum atomic E-state index is -0.0715. The summed E-state index contributed by atoms with van der Waals surface area (Å²) < 4.78 is 3.72. The SMILES string of the molecule is C=CC(=O)N1CCCC(n2cc(C)c3ncn(C(C)C)c3c2=O)C1. The van der Waals surface area contributed by atoms with E-state index in [0.717, 1.165) is 30.5 Å². The predicted molar refractivity (Wildman–Crippen MR) is 94.2 cm³/mol. The van der Waals surface area contributed by atoms with Crippen LogP contribution in [0.2, 0.25) is 0 Å². The van der Waals surface area contributed by atoms with Gasteiger partial charge in [-0.15, -0.1) is 0 Å². The van der Waals surface area contributed by atoms with Gasteiger partial charge in [0.1, 0.15) is 5.52 Å². The van der Waals surface area contributed by atoms with Gasteiger partial charge in [-0.1, -0.05) is 6.58 Å². The third-order valence-electron chi connectivity index (χ3n) is 4.77. The molecule has 6 nitrogen and oxygen atoms in total. The van der Waals surface area contributed by atoms with Gasteiger partial charge < -0.3 is 14.0 Å². The number of aryl methyl sites for hydroxylation is 1. The lowest BCUT2D eigenvalue weighted by molar-refractivity contribution is -0.127. The lowest BCUT2D eigenvalue weighted by Gasteiger charge is -2.33. The summed E-state index contributed by atoms with van der Waals surface area (Å²) in [5.74, 6) is -0.0715. The van der Waals surface area contributed by atoms with E-state index in [1.807, 2.05) is 31.5 Å². The van der Waals surface area contributed by atoms with Crippen molar-refractivity contribution in [2.24, 2.45) is 0 Å². The number of imidazole rings is 1. The van der Waals surface area contributed by atoms with E-state index in [9.17, 15) is 9.59 Å². The summed E-state index contributed by atoms with van der Waals surface area (Å²) >= 11 is 0. The smallest absolute Gasteiger partial charge is 0.277 e. The minimum absolute atomic E-state index is 0.00578. The van der Waals surface area contributed by atoms with E-state index in [2.05, 4.69) is 11.6 Å². The Labute approximate surface area is 141 Å². The standard InChI is InChI=1S/C18H24N4O2/c1-5-15(23)20-8-6-7-14(10-20)21-9-13(4)16-17(18(21)24)22(11-19-16)12(2)3/h5,9,11-12,14H,1,6-8,10H2,2-4H3. The van der Waals surface area contributed by atoms with Gasteiger partial charge in [0.05, 0.1) is 17.9 Å². The zero-order valence-corrected chi connectivity index (χ0v) is 14.5. The number of carbonyl (C=O) groups is 1. The van der Waals surface area contributed by atoms with Gasteiger partial charge >= 0.3 is 0 Å². The summed E-state index contributed by atoms with van der Waals surface area (Å²) in [6.45, 7) is 10.9. The van der Waals surface area contributed by atoms with Gasteiger partial charge in [-0.25, -0.2) is 4.98 Å². The molecular formula is C18H24N4O2. The number of amides is 1. The number of likely N-dealkylation sites (tertiary alicyclic amines) is 1. The number of rotatable bonds is 3. The van der Waals surface area contributed by atoms with E-state index in [4.69, 9.17) is 0 Å². The summed E-state index contributed by atoms with van der Waals surface area (Å²) in [5.41, 5.74) is 2.37. The summed E-state index contributed by atoms with van der Waals surface area (Å²) in [4.78, 5) is 31.2. The number of hydrogen-bond donors (Lipinski definition) is 0. The summed E-state index contributed by atoms with van der Waals surface area (Å²) in [6, 6.07) is 0.164. The largest absolute Gasteiger partial charge is 0.337 e. The molecule has 0 saturated carbocycles. The fourth-order valence-corrected chi connectivity index (χ4v) is 3.49. The number of nitrogens with zero attached hydrogens (tertiary/aromatic N) is 4. The highest BCUT2D eigenvalue weighted by Crippen LogP contribution is 2.23. The van der Waals surface area contributed by atoms with Gasteiger partial charge in [-0.2, -0.15) is 0 Å². The summed E-state index contributed by atoms with van der Waals surface area (Å²) in [6.07, 6.45) is 6.74. The fourth-order valence-electron chi connectivity index (χ4n) is 3.49. The zero-order chi connectivity index (χ0) is 17.4. The van der Waals surface area contributed by atoms with E-state index in [1.54, 1.807) is 15.8 Å². The maximum Gasteiger partial charge on any atom is 0.277 e. The monoisotopic (exact) mass is 328 g/mol. The molecule has 0 radical (unpaired) electrons. The molecule has 0 N–H and O–H groups in total. The highest BCUT2D eigenvalue weighted by Gasteiger charge is 2.26. The molecule has 1 saturated heterocycles. The first-order valence-electron chi connectivity index (χ1n) is 8.43. The van der Waals surface area contributed by atoms with Crippen molar-refractivity contribution in [2.45, 2.75) is 45.7 Å². The van der Waals surface area contributed by atoms with Gasteiger partial charge in [-0.05, 0) is 45.3 Å². The average Bonchev–Trinajstić information content (AvgIpc) is 3.03. The van der Waals surface area contributed by atoms with Crippen molar-refractivity contribution in [1.29, 1.82) is 0 Å². The Kier molecular flexibility index (Phi) is 4.30. The molecule has 1 atom stereocenters. The van der Waals surface area contributed by atoms with Crippen LogP contribution < -0.4 is 5.56 Å². The van der Waals surface area contributed by atoms with Crippen LogP contribution in [-0.2, 0) is 4.79 Å². The topological polar surface area (TPSA) is 60.1 Å². The van der Waals surface area contributed by atoms with Gasteiger partial charge in [0.2, 0.25) is 5.91 Å². The van der Waals surface area contributed by atoms with E-state index in [1.165, 1.54) is 6.08 Å². The van der Waals surface area contributed by atoms with Crippen LogP contribution in [0.1, 0.15) is 44.3 Å². The second-order valence-electron chi connectivity index (χ2n) is 6.75. The predicted octanol–water partition coefficient (Wildman–Crippen LogP) is 2.44. The highest BCUT2D eigenvalue weighted by molar-refractivity contribution is 5.87. The molecule has 1 aliphatic rings. The second-order valence-corrected chi connectivity index (χ2v) is 6.75. The van der Waals surface area contributed by atoms with Crippen molar-refractivity contribution in [3.63, 3.8) is 0 Å². The van der Waals surface area contributed by atoms with E-state index in [-0.39, 0.29) is 23.6 Å². The maximum atomic E-state index is 13.1. The molecule has 1 fully saturated rings. The molecular weight excluding hydrogens is 304 g/mol. The van der Waals surface area contributed by atoms with Gasteiger partial charge in [-0.3, -0.25) is 9.59 Å². The molecule has 128 valence electrons. The summed E-state index contributed by atoms with van der Waals surface area (Å²) in [7, 11) is 0. The first kappa shape index (κ1) is 16.5. The first-order chi connectivity index (χ1) is 11.4. The Morgan fingerprint density at radius 1 is 1.46 bits per heavy atom. The number of carbonyl (C=O) groups excluding carboxylic acids is 1. The van der Waals surface area contributed by atoms with Crippen molar-refractivity contribution in [3.8, 4) is 0 Å². The molecule has 1 amide bonds. The molecule has 2 aromatic heterocycles. The Hall–Kier alpha value is -2.37. The highest BCUT2D eigenvalue weighted by atomic mass is 16.2. The lowest BCUT2D eigenvalue weighted by atomic mass is 10.0. The fraction of sp³-hybridized carbons (Fsp3) is 0.500. The van der Waals surface area contributed by atoms with Crippen molar-refractivity contribution >= 4 is 16.9 Å². The van der Waals surface area contributed by atoms with Crippen molar-refractivity contribution in [3.05, 3.63) is 41.1 Å². The molecule has 0 aromatic carbocycles. The molecule has 24 heavy (non-hydrogen) atoms. The van der Waals surface area contributed by atoms with Crippen molar-refractivity contribution in [1.82, 2.24) is 19.0 Å². The van der Waals surface area contributed by atoms with Crippen LogP contribution in [0.5, 0.6) is 0 Å². The van der Waals surface area contributed by atoms with Crippen LogP contribution in [0.25, 0.3) is 11.0 Å². The molecule has 0 spiro atoms. The van der Waals surface area contributed by atoms with E-state index < -0.39 is 0 Å². The van der Waals surface area contributed by atoms with E-state index >= 15 is 0 Å². The first-order valence-corrected chi connectivity index (χ1v) is 8.43. The number of hydrogen-bond acceptors (Lipinski definition) is 3. The third-order valence-corrected chi connectivity index (χ3v) is 4.77. The molecule has 1 aliphatic heterocycles. The van der Waals surface area contributed by atoms with Crippen molar-refractivity contribution < 1.29 is 4.79 Å². The Morgan fingerprint density at radius 2 is 2.21 bits per heavy atom. The van der Waals surface area contributed by atoms with E-state index in [0.29, 0.717) is 12.1 Å². The number of pyridine rings is 1. The quantitative estimate of drug-likeness (QED) is 0.813.